The predicted molar refractivity (Wildman–Crippen MR) is 54.0 cm³/mol. The molecule has 0 bridgehead atoms. The van der Waals surface area contributed by atoms with Gasteiger partial charge >= 0.3 is 0 Å². The Bertz CT molecular complexity index is 147. The van der Waals surface area contributed by atoms with Crippen LogP contribution in [0.15, 0.2) is 0 Å². The van der Waals surface area contributed by atoms with E-state index in [4.69, 9.17) is 16.3 Å². The van der Waals surface area contributed by atoms with E-state index in [-0.39, 0.29) is 0 Å². The molecule has 2 rings (SSSR count). The third kappa shape index (κ3) is 2.09. The van der Waals surface area contributed by atoms with E-state index in [1.165, 1.54) is 25.0 Å². The van der Waals surface area contributed by atoms with Gasteiger partial charge in [0.1, 0.15) is 0 Å². The van der Waals surface area contributed by atoms with Gasteiger partial charge in [-0.15, -0.1) is 11.6 Å². The zero-order valence-corrected chi connectivity index (χ0v) is 8.74. The summed E-state index contributed by atoms with van der Waals surface area (Å²) in [6.45, 7) is 0.970. The fourth-order valence-corrected chi connectivity index (χ4v) is 3.83. The first kappa shape index (κ1) is 9.17. The Hall–Kier alpha value is 0.600. The Kier molecular flexibility index (Phi) is 3.21. The molecule has 3 atom stereocenters. The summed E-state index contributed by atoms with van der Waals surface area (Å²) in [6, 6.07) is 0. The Labute approximate surface area is 83.2 Å². The lowest BCUT2D eigenvalue weighted by molar-refractivity contribution is 0.0930. The third-order valence-corrected chi connectivity index (χ3v) is 4.66. The molecule has 0 spiro atoms. The molecule has 0 aromatic carbocycles. The second-order valence-electron chi connectivity index (χ2n) is 3.68. The molecule has 0 amide bonds. The van der Waals surface area contributed by atoms with E-state index in [2.05, 4.69) is 0 Å². The lowest BCUT2D eigenvalue weighted by Crippen LogP contribution is -2.19. The molecular formula is C9H15ClOS. The highest BCUT2D eigenvalue weighted by Crippen LogP contribution is 2.33. The van der Waals surface area contributed by atoms with Crippen molar-refractivity contribution in [1.29, 1.82) is 0 Å². The molecule has 12 heavy (non-hydrogen) atoms. The van der Waals surface area contributed by atoms with Crippen molar-refractivity contribution in [2.45, 2.75) is 30.7 Å². The third-order valence-electron chi connectivity index (χ3n) is 2.71. The van der Waals surface area contributed by atoms with Gasteiger partial charge in [0.25, 0.3) is 0 Å². The molecule has 0 aliphatic carbocycles. The summed E-state index contributed by atoms with van der Waals surface area (Å²) in [5, 5.41) is 0.402. The Morgan fingerprint density at radius 3 is 2.92 bits per heavy atom. The molecule has 2 heterocycles. The average Bonchev–Trinajstić information content (AvgIpc) is 2.65. The first-order valence-electron chi connectivity index (χ1n) is 4.69. The summed E-state index contributed by atoms with van der Waals surface area (Å²) < 4.78 is 5.60. The van der Waals surface area contributed by atoms with Crippen molar-refractivity contribution in [3.63, 3.8) is 0 Å². The molecule has 2 fully saturated rings. The van der Waals surface area contributed by atoms with E-state index in [1.807, 2.05) is 11.8 Å². The number of hydrogen-bond acceptors (Lipinski definition) is 2. The SMILES string of the molecule is ClC1CSCC1CC1CCCO1. The standard InChI is InChI=1S/C9H15ClOS/c10-9-6-12-5-7(9)4-8-2-1-3-11-8/h7-9H,1-6H2. The van der Waals surface area contributed by atoms with Crippen molar-refractivity contribution in [2.75, 3.05) is 18.1 Å². The Balaban J connectivity index is 1.77. The first-order valence-corrected chi connectivity index (χ1v) is 6.29. The van der Waals surface area contributed by atoms with Crippen molar-refractivity contribution in [3.05, 3.63) is 0 Å². The van der Waals surface area contributed by atoms with E-state index in [0.29, 0.717) is 17.4 Å². The second kappa shape index (κ2) is 4.21. The number of rotatable bonds is 2. The highest BCUT2D eigenvalue weighted by Gasteiger charge is 2.29. The van der Waals surface area contributed by atoms with Crippen molar-refractivity contribution >= 4 is 23.4 Å². The van der Waals surface area contributed by atoms with Crippen LogP contribution >= 0.6 is 23.4 Å². The molecule has 0 saturated carbocycles. The van der Waals surface area contributed by atoms with Crippen LogP contribution in [-0.4, -0.2) is 29.6 Å². The van der Waals surface area contributed by atoms with Crippen molar-refractivity contribution in [3.8, 4) is 0 Å². The molecule has 0 aromatic heterocycles. The highest BCUT2D eigenvalue weighted by molar-refractivity contribution is 7.99. The summed E-state index contributed by atoms with van der Waals surface area (Å²) in [5.74, 6) is 3.09. The maximum absolute atomic E-state index is 6.18. The highest BCUT2D eigenvalue weighted by atomic mass is 35.5. The van der Waals surface area contributed by atoms with Gasteiger partial charge in [-0.25, -0.2) is 0 Å². The molecule has 2 saturated heterocycles. The lowest BCUT2D eigenvalue weighted by atomic mass is 9.99. The van der Waals surface area contributed by atoms with Crippen LogP contribution in [0.1, 0.15) is 19.3 Å². The molecule has 3 unspecified atom stereocenters. The quantitative estimate of drug-likeness (QED) is 0.643. The predicted octanol–water partition coefficient (Wildman–Crippen LogP) is 2.53. The number of ether oxygens (including phenoxy) is 1. The summed E-state index contributed by atoms with van der Waals surface area (Å²) in [6.07, 6.45) is 4.22. The van der Waals surface area contributed by atoms with Crippen LogP contribution in [0.4, 0.5) is 0 Å². The van der Waals surface area contributed by atoms with Gasteiger partial charge in [-0.2, -0.15) is 11.8 Å². The second-order valence-corrected chi connectivity index (χ2v) is 5.32. The minimum absolute atomic E-state index is 0.402. The van der Waals surface area contributed by atoms with Crippen LogP contribution in [0.5, 0.6) is 0 Å². The summed E-state index contributed by atoms with van der Waals surface area (Å²) in [5.41, 5.74) is 0. The Morgan fingerprint density at radius 2 is 2.33 bits per heavy atom. The van der Waals surface area contributed by atoms with E-state index in [0.717, 1.165) is 12.4 Å². The average molecular weight is 207 g/mol. The Morgan fingerprint density at radius 1 is 1.42 bits per heavy atom. The van der Waals surface area contributed by atoms with Crippen LogP contribution in [0.3, 0.4) is 0 Å². The molecule has 1 nitrogen and oxygen atoms in total. The molecule has 0 N–H and O–H groups in total. The largest absolute Gasteiger partial charge is 0.378 e. The zero-order valence-electron chi connectivity index (χ0n) is 7.17. The fourth-order valence-electron chi connectivity index (χ4n) is 1.96. The smallest absolute Gasteiger partial charge is 0.0579 e. The van der Waals surface area contributed by atoms with Crippen LogP contribution in [0, 0.1) is 5.92 Å². The maximum Gasteiger partial charge on any atom is 0.0579 e. The minimum Gasteiger partial charge on any atom is -0.378 e. The number of alkyl halides is 1. The lowest BCUT2D eigenvalue weighted by Gasteiger charge is -2.16. The van der Waals surface area contributed by atoms with E-state index >= 15 is 0 Å². The van der Waals surface area contributed by atoms with Crippen LogP contribution < -0.4 is 0 Å². The van der Waals surface area contributed by atoms with Gasteiger partial charge in [0.05, 0.1) is 6.10 Å². The topological polar surface area (TPSA) is 9.23 Å². The maximum atomic E-state index is 6.18. The van der Waals surface area contributed by atoms with E-state index in [1.54, 1.807) is 0 Å². The number of thioether (sulfide) groups is 1. The van der Waals surface area contributed by atoms with Crippen LogP contribution in [0.2, 0.25) is 0 Å². The van der Waals surface area contributed by atoms with Gasteiger partial charge in [0.15, 0.2) is 0 Å². The molecule has 3 heteroatoms. The van der Waals surface area contributed by atoms with Crippen molar-refractivity contribution in [1.82, 2.24) is 0 Å². The molecule has 2 aliphatic rings. The summed E-state index contributed by atoms with van der Waals surface area (Å²) >= 11 is 8.17. The monoisotopic (exact) mass is 206 g/mol. The molecule has 0 aromatic rings. The van der Waals surface area contributed by atoms with Crippen molar-refractivity contribution < 1.29 is 4.74 Å². The number of hydrogen-bond donors (Lipinski definition) is 0. The zero-order chi connectivity index (χ0) is 8.39. The van der Waals surface area contributed by atoms with Crippen LogP contribution in [0.25, 0.3) is 0 Å². The van der Waals surface area contributed by atoms with Gasteiger partial charge in [0.2, 0.25) is 0 Å². The van der Waals surface area contributed by atoms with E-state index < -0.39 is 0 Å². The van der Waals surface area contributed by atoms with E-state index in [9.17, 15) is 0 Å². The van der Waals surface area contributed by atoms with Gasteiger partial charge in [-0.1, -0.05) is 0 Å². The summed E-state index contributed by atoms with van der Waals surface area (Å²) in [7, 11) is 0. The normalized spacial score (nSPS) is 42.2. The number of halogens is 1. The van der Waals surface area contributed by atoms with Crippen molar-refractivity contribution in [2.24, 2.45) is 5.92 Å². The fraction of sp³-hybridized carbons (Fsp3) is 1.00. The first-order chi connectivity index (χ1) is 5.86. The molecule has 70 valence electrons. The van der Waals surface area contributed by atoms with Gasteiger partial charge in [-0.3, -0.25) is 0 Å². The molecular weight excluding hydrogens is 192 g/mol. The van der Waals surface area contributed by atoms with Crippen LogP contribution in [-0.2, 0) is 4.74 Å². The van der Waals surface area contributed by atoms with Gasteiger partial charge in [0, 0.05) is 17.7 Å². The summed E-state index contributed by atoms with van der Waals surface area (Å²) in [4.78, 5) is 0. The molecule has 0 radical (unpaired) electrons. The molecule has 2 aliphatic heterocycles. The van der Waals surface area contributed by atoms with Gasteiger partial charge < -0.3 is 4.74 Å². The minimum atomic E-state index is 0.402. The van der Waals surface area contributed by atoms with Gasteiger partial charge in [-0.05, 0) is 30.9 Å².